The van der Waals surface area contributed by atoms with E-state index < -0.39 is 35.4 Å². The maximum atomic E-state index is 13.9. The van der Waals surface area contributed by atoms with Crippen LogP contribution in [0.1, 0.15) is 28.9 Å². The van der Waals surface area contributed by atoms with Crippen LogP contribution in [0.2, 0.25) is 5.02 Å². The van der Waals surface area contributed by atoms with Gasteiger partial charge in [-0.2, -0.15) is 0 Å². The zero-order valence-electron chi connectivity index (χ0n) is 13.4. The van der Waals surface area contributed by atoms with Crippen LogP contribution in [0.15, 0.2) is 48.5 Å². The van der Waals surface area contributed by atoms with Gasteiger partial charge in [0, 0.05) is 0 Å². The van der Waals surface area contributed by atoms with Gasteiger partial charge in [-0.15, -0.1) is 0 Å². The number of aliphatic hydroxyl groups excluding tert-OH is 1. The zero-order valence-corrected chi connectivity index (χ0v) is 14.2. The van der Waals surface area contributed by atoms with Crippen molar-refractivity contribution in [1.82, 2.24) is 5.32 Å². The fourth-order valence-corrected chi connectivity index (χ4v) is 2.52. The molecule has 0 bridgehead atoms. The van der Waals surface area contributed by atoms with Crippen molar-refractivity contribution >= 4 is 23.5 Å². The summed E-state index contributed by atoms with van der Waals surface area (Å²) in [5.74, 6) is -2.59. The molecule has 2 N–H and O–H groups in total. The molecule has 0 radical (unpaired) electrons. The third-order valence-electron chi connectivity index (χ3n) is 3.47. The van der Waals surface area contributed by atoms with Crippen LogP contribution in [0, 0.1) is 5.82 Å². The van der Waals surface area contributed by atoms with Crippen molar-refractivity contribution in [1.29, 1.82) is 0 Å². The molecule has 0 saturated carbocycles. The van der Waals surface area contributed by atoms with Gasteiger partial charge in [0.15, 0.2) is 6.04 Å². The van der Waals surface area contributed by atoms with E-state index in [0.717, 1.165) is 6.07 Å². The number of halogens is 2. The Hall–Kier alpha value is -2.44. The van der Waals surface area contributed by atoms with E-state index in [1.807, 2.05) is 0 Å². The molecule has 2 aromatic carbocycles. The average molecular weight is 366 g/mol. The lowest BCUT2D eigenvalue weighted by molar-refractivity contribution is -0.148. The Balaban J connectivity index is 2.30. The van der Waals surface area contributed by atoms with Crippen molar-refractivity contribution in [2.45, 2.75) is 19.1 Å². The largest absolute Gasteiger partial charge is 0.464 e. The summed E-state index contributed by atoms with van der Waals surface area (Å²) in [5, 5.41) is 12.7. The molecule has 0 aliphatic rings. The van der Waals surface area contributed by atoms with E-state index in [0.29, 0.717) is 5.56 Å². The molecular formula is C18H17ClFNO4. The fourth-order valence-electron chi connectivity index (χ4n) is 2.27. The number of amides is 1. The molecule has 0 aliphatic carbocycles. The predicted octanol–water partition coefficient (Wildman–Crippen LogP) is 2.87. The maximum Gasteiger partial charge on any atom is 0.331 e. The summed E-state index contributed by atoms with van der Waals surface area (Å²) >= 11 is 5.87. The predicted molar refractivity (Wildman–Crippen MR) is 90.7 cm³/mol. The van der Waals surface area contributed by atoms with Crippen LogP contribution in [-0.2, 0) is 9.53 Å². The number of carbonyl (C=O) groups excluding carboxylic acids is 2. The van der Waals surface area contributed by atoms with E-state index in [9.17, 15) is 19.1 Å². The molecule has 5 nitrogen and oxygen atoms in total. The van der Waals surface area contributed by atoms with Gasteiger partial charge in [0.05, 0.1) is 17.2 Å². The standard InChI is InChI=1S/C18H17ClFNO4/c1-2-25-18(24)15(16(22)11-7-4-3-5-8-11)21-17(23)14-12(19)9-6-10-13(14)20/h3-10,15-16,22H,2H2,1H3,(H,21,23). The first-order valence-electron chi connectivity index (χ1n) is 7.60. The first-order valence-corrected chi connectivity index (χ1v) is 7.98. The maximum absolute atomic E-state index is 13.9. The molecule has 25 heavy (non-hydrogen) atoms. The Morgan fingerprint density at radius 3 is 2.48 bits per heavy atom. The normalized spacial score (nSPS) is 13.0. The summed E-state index contributed by atoms with van der Waals surface area (Å²) in [6, 6.07) is 10.7. The number of carbonyl (C=O) groups is 2. The highest BCUT2D eigenvalue weighted by Crippen LogP contribution is 2.21. The van der Waals surface area contributed by atoms with Gasteiger partial charge in [-0.1, -0.05) is 48.0 Å². The number of nitrogens with one attached hydrogen (secondary N) is 1. The van der Waals surface area contributed by atoms with Crippen LogP contribution < -0.4 is 5.32 Å². The molecule has 0 aromatic heterocycles. The van der Waals surface area contributed by atoms with Crippen molar-refractivity contribution in [3.8, 4) is 0 Å². The van der Waals surface area contributed by atoms with Gasteiger partial charge >= 0.3 is 5.97 Å². The van der Waals surface area contributed by atoms with E-state index >= 15 is 0 Å². The third-order valence-corrected chi connectivity index (χ3v) is 3.79. The van der Waals surface area contributed by atoms with E-state index in [-0.39, 0.29) is 11.6 Å². The highest BCUT2D eigenvalue weighted by Gasteiger charge is 2.32. The van der Waals surface area contributed by atoms with Gasteiger partial charge in [-0.25, -0.2) is 9.18 Å². The lowest BCUT2D eigenvalue weighted by atomic mass is 10.0. The van der Waals surface area contributed by atoms with Gasteiger partial charge < -0.3 is 15.2 Å². The highest BCUT2D eigenvalue weighted by atomic mass is 35.5. The van der Waals surface area contributed by atoms with Crippen LogP contribution in [0.25, 0.3) is 0 Å². The summed E-state index contributed by atoms with van der Waals surface area (Å²) in [4.78, 5) is 24.6. The van der Waals surface area contributed by atoms with Gasteiger partial charge in [-0.05, 0) is 24.6 Å². The molecule has 0 heterocycles. The molecule has 2 rings (SSSR count). The molecule has 132 valence electrons. The number of ether oxygens (including phenoxy) is 1. The minimum atomic E-state index is -1.41. The van der Waals surface area contributed by atoms with E-state index in [4.69, 9.17) is 16.3 Å². The second-order valence-electron chi connectivity index (χ2n) is 5.16. The third kappa shape index (κ3) is 4.55. The van der Waals surface area contributed by atoms with E-state index in [1.165, 1.54) is 12.1 Å². The molecule has 0 spiro atoms. The highest BCUT2D eigenvalue weighted by molar-refractivity contribution is 6.33. The summed E-state index contributed by atoms with van der Waals surface area (Å²) in [7, 11) is 0. The minimum absolute atomic E-state index is 0.0627. The Morgan fingerprint density at radius 1 is 1.20 bits per heavy atom. The van der Waals surface area contributed by atoms with Crippen molar-refractivity contribution in [2.75, 3.05) is 6.61 Å². The molecule has 2 unspecified atom stereocenters. The smallest absolute Gasteiger partial charge is 0.331 e. The number of hydrogen-bond acceptors (Lipinski definition) is 4. The Morgan fingerprint density at radius 2 is 1.88 bits per heavy atom. The number of aliphatic hydroxyl groups is 1. The van der Waals surface area contributed by atoms with Gasteiger partial charge in [-0.3, -0.25) is 4.79 Å². The number of benzene rings is 2. The lowest BCUT2D eigenvalue weighted by Gasteiger charge is -2.23. The van der Waals surface area contributed by atoms with Gasteiger partial charge in [0.25, 0.3) is 5.91 Å². The Labute approximate surface area is 149 Å². The molecule has 2 aromatic rings. The second kappa shape index (κ2) is 8.60. The van der Waals surface area contributed by atoms with E-state index in [2.05, 4.69) is 5.32 Å². The van der Waals surface area contributed by atoms with Crippen molar-refractivity contribution in [3.05, 3.63) is 70.5 Å². The van der Waals surface area contributed by atoms with Crippen LogP contribution >= 0.6 is 11.6 Å². The lowest BCUT2D eigenvalue weighted by Crippen LogP contribution is -2.46. The van der Waals surface area contributed by atoms with Gasteiger partial charge in [0.2, 0.25) is 0 Å². The van der Waals surface area contributed by atoms with E-state index in [1.54, 1.807) is 37.3 Å². The van der Waals surface area contributed by atoms with Gasteiger partial charge in [0.1, 0.15) is 11.9 Å². The summed E-state index contributed by atoms with van der Waals surface area (Å²) in [5.41, 5.74) is -0.000731. The molecule has 0 fully saturated rings. The van der Waals surface area contributed by atoms with Crippen molar-refractivity contribution in [2.24, 2.45) is 0 Å². The summed E-state index contributed by atoms with van der Waals surface area (Å²) < 4.78 is 18.8. The zero-order chi connectivity index (χ0) is 18.4. The molecule has 0 aliphatic heterocycles. The molecule has 2 atom stereocenters. The first-order chi connectivity index (χ1) is 12.0. The minimum Gasteiger partial charge on any atom is -0.464 e. The molecule has 1 amide bonds. The topological polar surface area (TPSA) is 75.6 Å². The van der Waals surface area contributed by atoms with Crippen LogP contribution in [0.4, 0.5) is 4.39 Å². The fraction of sp³-hybridized carbons (Fsp3) is 0.222. The second-order valence-corrected chi connectivity index (χ2v) is 5.56. The van der Waals surface area contributed by atoms with Crippen LogP contribution in [0.3, 0.4) is 0 Å². The number of hydrogen-bond donors (Lipinski definition) is 2. The molecular weight excluding hydrogens is 349 g/mol. The van der Waals surface area contributed by atoms with Crippen LogP contribution in [-0.4, -0.2) is 29.6 Å². The summed E-state index contributed by atoms with van der Waals surface area (Å²) in [6.07, 6.45) is -1.37. The quantitative estimate of drug-likeness (QED) is 0.772. The van der Waals surface area contributed by atoms with Crippen molar-refractivity contribution < 1.29 is 23.8 Å². The van der Waals surface area contributed by atoms with Crippen molar-refractivity contribution in [3.63, 3.8) is 0 Å². The first kappa shape index (κ1) is 18.9. The number of esters is 1. The Bertz CT molecular complexity index is 734. The Kier molecular flexibility index (Phi) is 6.50. The summed E-state index contributed by atoms with van der Waals surface area (Å²) in [6.45, 7) is 1.66. The number of rotatable bonds is 6. The average Bonchev–Trinajstić information content (AvgIpc) is 2.60. The monoisotopic (exact) mass is 365 g/mol. The molecule has 7 heteroatoms. The SMILES string of the molecule is CCOC(=O)C(NC(=O)c1c(F)cccc1Cl)C(O)c1ccccc1. The van der Waals surface area contributed by atoms with Crippen LogP contribution in [0.5, 0.6) is 0 Å². The molecule has 0 saturated heterocycles.